The van der Waals surface area contributed by atoms with E-state index in [-0.39, 0.29) is 24.5 Å². The average Bonchev–Trinajstić information content (AvgIpc) is 3.56. The monoisotopic (exact) mass is 569 g/mol. The molecular formula is C31H44FN5O4. The topological polar surface area (TPSA) is 112 Å². The molecule has 10 heteroatoms. The van der Waals surface area contributed by atoms with Crippen LogP contribution in [0.5, 0.6) is 0 Å². The molecule has 41 heavy (non-hydrogen) atoms. The van der Waals surface area contributed by atoms with Crippen molar-refractivity contribution in [3.8, 4) is 11.4 Å². The highest BCUT2D eigenvalue weighted by Crippen LogP contribution is 2.27. The molecular weight excluding hydrogens is 525 g/mol. The van der Waals surface area contributed by atoms with Crippen LogP contribution in [0.4, 0.5) is 4.39 Å². The molecule has 224 valence electrons. The molecule has 0 saturated carbocycles. The molecule has 2 aromatic heterocycles. The number of nitrogens with zero attached hydrogens (tertiary/aromatic N) is 4. The molecule has 0 spiro atoms. The van der Waals surface area contributed by atoms with Crippen molar-refractivity contribution in [2.24, 2.45) is 11.8 Å². The Labute approximate surface area is 241 Å². The Morgan fingerprint density at radius 2 is 1.71 bits per heavy atom. The number of halogens is 1. The van der Waals surface area contributed by atoms with E-state index in [0.29, 0.717) is 53.9 Å². The van der Waals surface area contributed by atoms with E-state index in [1.807, 2.05) is 27.7 Å². The lowest BCUT2D eigenvalue weighted by Gasteiger charge is -2.25. The molecule has 0 bridgehead atoms. The smallest absolute Gasteiger partial charge is 0.290 e. The molecule has 3 heterocycles. The Bertz CT molecular complexity index is 1300. The number of H-pyrrole nitrogens is 1. The number of carbonyl (C=O) groups excluding carboxylic acids is 1. The van der Waals surface area contributed by atoms with Crippen molar-refractivity contribution >= 4 is 23.4 Å². The van der Waals surface area contributed by atoms with Crippen LogP contribution in [0, 0.1) is 11.8 Å². The lowest BCUT2D eigenvalue weighted by atomic mass is 10.1. The number of hydrogen-bond acceptors (Lipinski definition) is 5. The maximum Gasteiger partial charge on any atom is 0.290 e. The van der Waals surface area contributed by atoms with Gasteiger partial charge in [0.25, 0.3) is 12.4 Å². The molecule has 1 amide bonds. The zero-order valence-corrected chi connectivity index (χ0v) is 24.7. The van der Waals surface area contributed by atoms with Crippen LogP contribution in [0.1, 0.15) is 63.7 Å². The van der Waals surface area contributed by atoms with Gasteiger partial charge in [-0.15, -0.1) is 0 Å². The van der Waals surface area contributed by atoms with Crippen molar-refractivity contribution in [3.05, 3.63) is 52.4 Å². The van der Waals surface area contributed by atoms with Crippen LogP contribution in [-0.2, 0) is 11.3 Å². The number of aromatic amines is 1. The van der Waals surface area contributed by atoms with Gasteiger partial charge < -0.3 is 24.5 Å². The summed E-state index contributed by atoms with van der Waals surface area (Å²) in [6.07, 6.45) is 4.64. The molecule has 1 aliphatic heterocycles. The highest BCUT2D eigenvalue weighted by molar-refractivity contribution is 5.98. The minimum absolute atomic E-state index is 0.000376. The number of aromatic nitrogens is 3. The second-order valence-electron chi connectivity index (χ2n) is 11.6. The van der Waals surface area contributed by atoms with Crippen molar-refractivity contribution in [1.29, 1.82) is 0 Å². The van der Waals surface area contributed by atoms with E-state index >= 15 is 4.39 Å². The Kier molecular flexibility index (Phi) is 12.1. The summed E-state index contributed by atoms with van der Waals surface area (Å²) in [7, 11) is 0. The molecule has 4 rings (SSSR count). The number of pyridine rings is 1. The molecule has 1 unspecified atom stereocenters. The zero-order chi connectivity index (χ0) is 29.9. The van der Waals surface area contributed by atoms with Gasteiger partial charge in [0.1, 0.15) is 12.0 Å². The normalized spacial score (nSPS) is 14.3. The van der Waals surface area contributed by atoms with Gasteiger partial charge in [-0.05, 0) is 74.9 Å². The number of alkyl halides is 1. The maximum atomic E-state index is 15.4. The molecule has 1 fully saturated rings. The second-order valence-corrected chi connectivity index (χ2v) is 11.6. The van der Waals surface area contributed by atoms with E-state index in [2.05, 4.69) is 37.6 Å². The van der Waals surface area contributed by atoms with Gasteiger partial charge >= 0.3 is 0 Å². The number of rotatable bonds is 12. The lowest BCUT2D eigenvalue weighted by molar-refractivity contribution is -0.122. The van der Waals surface area contributed by atoms with E-state index in [9.17, 15) is 9.59 Å². The van der Waals surface area contributed by atoms with E-state index in [0.717, 1.165) is 44.3 Å². The minimum atomic E-state index is -1.08. The van der Waals surface area contributed by atoms with Gasteiger partial charge in [0, 0.05) is 43.0 Å². The van der Waals surface area contributed by atoms with Gasteiger partial charge in [-0.3, -0.25) is 14.4 Å². The first-order chi connectivity index (χ1) is 19.6. The van der Waals surface area contributed by atoms with Gasteiger partial charge in [-0.2, -0.15) is 0 Å². The van der Waals surface area contributed by atoms with Crippen molar-refractivity contribution in [2.75, 3.05) is 32.7 Å². The number of benzene rings is 1. The maximum absolute atomic E-state index is 15.4. The largest absolute Gasteiger partial charge is 0.483 e. The minimum Gasteiger partial charge on any atom is -0.483 e. The number of carbonyl (C=O) groups is 2. The standard InChI is InChI=1S/C30H42FN5O2.CH2O2/c1-21(2)11-15-35(16-12-22(3)4)30(38)23-7-9-26-27(17-23)36(20-25(31)19-34-13-5-6-14-34)29(33-26)24-8-10-28(37)32-18-24;2-1-3/h7-10,17-18,21-22,25H,5-6,11-16,19-20H2,1-4H3,(H,32,37);1H,(H,2,3). The first-order valence-corrected chi connectivity index (χ1v) is 14.6. The highest BCUT2D eigenvalue weighted by atomic mass is 19.1. The van der Waals surface area contributed by atoms with Crippen LogP contribution in [0.2, 0.25) is 0 Å². The molecule has 3 aromatic rings. The number of hydrogen-bond donors (Lipinski definition) is 2. The van der Waals surface area contributed by atoms with Gasteiger partial charge in [0.2, 0.25) is 5.56 Å². The summed E-state index contributed by atoms with van der Waals surface area (Å²) in [5.74, 6) is 1.59. The predicted molar refractivity (Wildman–Crippen MR) is 160 cm³/mol. The second kappa shape index (κ2) is 15.5. The van der Waals surface area contributed by atoms with Crippen LogP contribution in [0.15, 0.2) is 41.3 Å². The number of imidazole rings is 1. The summed E-state index contributed by atoms with van der Waals surface area (Å²) in [5, 5.41) is 6.89. The number of likely N-dealkylation sites (tertiary alicyclic amines) is 1. The third-order valence-corrected chi connectivity index (χ3v) is 7.31. The summed E-state index contributed by atoms with van der Waals surface area (Å²) < 4.78 is 17.3. The molecule has 1 saturated heterocycles. The van der Waals surface area contributed by atoms with E-state index in [1.165, 1.54) is 6.07 Å². The SMILES string of the molecule is CC(C)CCN(CCC(C)C)C(=O)c1ccc2nc(-c3ccc(=O)[nH]c3)n(CC(F)CN3CCCC3)c2c1.O=CO. The Hall–Kier alpha value is -3.53. The van der Waals surface area contributed by atoms with Crippen molar-refractivity contribution < 1.29 is 19.1 Å². The fourth-order valence-corrected chi connectivity index (χ4v) is 5.04. The van der Waals surface area contributed by atoms with Crippen LogP contribution >= 0.6 is 0 Å². The third kappa shape index (κ3) is 9.24. The van der Waals surface area contributed by atoms with Crippen LogP contribution in [0.25, 0.3) is 22.4 Å². The van der Waals surface area contributed by atoms with E-state index in [4.69, 9.17) is 14.9 Å². The molecule has 2 N–H and O–H groups in total. The summed E-state index contributed by atoms with van der Waals surface area (Å²) >= 11 is 0. The Morgan fingerprint density at radius 1 is 1.07 bits per heavy atom. The third-order valence-electron chi connectivity index (χ3n) is 7.31. The van der Waals surface area contributed by atoms with Gasteiger partial charge in [0.05, 0.1) is 17.6 Å². The quantitative estimate of drug-likeness (QED) is 0.295. The summed E-state index contributed by atoms with van der Waals surface area (Å²) in [6, 6.07) is 8.70. The molecule has 9 nitrogen and oxygen atoms in total. The van der Waals surface area contributed by atoms with Crippen LogP contribution in [-0.4, -0.2) is 80.7 Å². The number of nitrogens with one attached hydrogen (secondary N) is 1. The summed E-state index contributed by atoms with van der Waals surface area (Å²) in [6.45, 7) is 12.2. The fourth-order valence-electron chi connectivity index (χ4n) is 5.04. The predicted octanol–water partition coefficient (Wildman–Crippen LogP) is 5.06. The number of fused-ring (bicyclic) bond motifs is 1. The Balaban J connectivity index is 0.00000147. The first kappa shape index (κ1) is 32.0. The number of amides is 1. The summed E-state index contributed by atoms with van der Waals surface area (Å²) in [4.78, 5) is 45.3. The highest BCUT2D eigenvalue weighted by Gasteiger charge is 2.23. The summed E-state index contributed by atoms with van der Waals surface area (Å²) in [5.41, 5.74) is 2.53. The average molecular weight is 570 g/mol. The first-order valence-electron chi connectivity index (χ1n) is 14.6. The van der Waals surface area contributed by atoms with Crippen LogP contribution in [0.3, 0.4) is 0 Å². The van der Waals surface area contributed by atoms with E-state index < -0.39 is 6.17 Å². The molecule has 0 aliphatic carbocycles. The molecule has 1 aliphatic rings. The van der Waals surface area contributed by atoms with E-state index in [1.54, 1.807) is 12.3 Å². The van der Waals surface area contributed by atoms with Crippen molar-refractivity contribution in [1.82, 2.24) is 24.3 Å². The molecule has 1 aromatic carbocycles. The van der Waals surface area contributed by atoms with Gasteiger partial charge in [0.15, 0.2) is 0 Å². The lowest BCUT2D eigenvalue weighted by Crippen LogP contribution is -2.34. The Morgan fingerprint density at radius 3 is 2.27 bits per heavy atom. The van der Waals surface area contributed by atoms with Crippen LogP contribution < -0.4 is 5.56 Å². The zero-order valence-electron chi connectivity index (χ0n) is 24.7. The fraction of sp³-hybridized carbons (Fsp3) is 0.548. The van der Waals surface area contributed by atoms with Gasteiger partial charge in [-0.25, -0.2) is 9.37 Å². The molecule has 0 radical (unpaired) electrons. The number of carboxylic acid groups (broad SMARTS) is 1. The molecule has 1 atom stereocenters. The van der Waals surface area contributed by atoms with Crippen molar-refractivity contribution in [2.45, 2.75) is 66.1 Å². The van der Waals surface area contributed by atoms with Gasteiger partial charge in [-0.1, -0.05) is 27.7 Å². The van der Waals surface area contributed by atoms with Crippen molar-refractivity contribution in [3.63, 3.8) is 0 Å².